The molecule has 25 heavy (non-hydrogen) atoms. The lowest BCUT2D eigenvalue weighted by Gasteiger charge is -2.20. The van der Waals surface area contributed by atoms with E-state index in [1.165, 1.54) is 16.4 Å². The second kappa shape index (κ2) is 9.16. The van der Waals surface area contributed by atoms with E-state index < -0.39 is 10.0 Å². The molecule has 2 rings (SSSR count). The van der Waals surface area contributed by atoms with Crippen LogP contribution in [0, 0.1) is 0 Å². The molecule has 1 N–H and O–H groups in total. The van der Waals surface area contributed by atoms with Crippen LogP contribution in [0.25, 0.3) is 0 Å². The van der Waals surface area contributed by atoms with Crippen LogP contribution in [0.3, 0.4) is 0 Å². The molecule has 0 saturated heterocycles. The highest BCUT2D eigenvalue weighted by atomic mass is 35.5. The zero-order chi connectivity index (χ0) is 18.4. The van der Waals surface area contributed by atoms with E-state index in [1.807, 2.05) is 0 Å². The van der Waals surface area contributed by atoms with Gasteiger partial charge in [0.05, 0.1) is 4.90 Å². The van der Waals surface area contributed by atoms with Crippen molar-refractivity contribution in [3.05, 3.63) is 34.8 Å². The van der Waals surface area contributed by atoms with E-state index in [2.05, 4.69) is 20.3 Å². The van der Waals surface area contributed by atoms with Crippen molar-refractivity contribution in [2.24, 2.45) is 0 Å². The molecule has 1 aromatic carbocycles. The van der Waals surface area contributed by atoms with E-state index in [-0.39, 0.29) is 46.3 Å². The lowest BCUT2D eigenvalue weighted by Crippen LogP contribution is -2.34. The molecule has 0 atom stereocenters. The fraction of sp³-hybridized carbons (Fsp3) is 0.308. The number of halogens is 4. The van der Waals surface area contributed by atoms with E-state index >= 15 is 0 Å². The van der Waals surface area contributed by atoms with Gasteiger partial charge in [0, 0.05) is 30.5 Å². The number of sulfonamides is 1. The van der Waals surface area contributed by atoms with Crippen LogP contribution in [0.15, 0.2) is 29.2 Å². The second-order valence-electron chi connectivity index (χ2n) is 4.63. The summed E-state index contributed by atoms with van der Waals surface area (Å²) in [4.78, 5) is 11.5. The van der Waals surface area contributed by atoms with Crippen LogP contribution in [0.4, 0.5) is 11.6 Å². The molecule has 7 nitrogen and oxygen atoms in total. The molecule has 12 heteroatoms. The molecule has 136 valence electrons. The third-order valence-corrected chi connectivity index (χ3v) is 5.59. The molecule has 0 fully saturated rings. The Kier molecular flexibility index (Phi) is 7.48. The second-order valence-corrected chi connectivity index (χ2v) is 8.00. The highest BCUT2D eigenvalue weighted by Gasteiger charge is 2.23. The highest BCUT2D eigenvalue weighted by molar-refractivity contribution is 7.89. The molecule has 2 aromatic rings. The quantitative estimate of drug-likeness (QED) is 0.627. The van der Waals surface area contributed by atoms with Gasteiger partial charge in [-0.05, 0) is 47.5 Å². The minimum atomic E-state index is -3.68. The van der Waals surface area contributed by atoms with Crippen molar-refractivity contribution >= 4 is 68.1 Å². The monoisotopic (exact) mass is 443 g/mol. The molecule has 0 bridgehead atoms. The highest BCUT2D eigenvalue weighted by Crippen LogP contribution is 2.21. The van der Waals surface area contributed by atoms with Crippen molar-refractivity contribution in [1.82, 2.24) is 19.3 Å². The fourth-order valence-electron chi connectivity index (χ4n) is 1.91. The predicted molar refractivity (Wildman–Crippen MR) is 99.8 cm³/mol. The maximum atomic E-state index is 12.6. The van der Waals surface area contributed by atoms with E-state index in [4.69, 9.17) is 46.4 Å². The Labute approximate surface area is 165 Å². The van der Waals surface area contributed by atoms with Crippen LogP contribution in [0.1, 0.15) is 0 Å². The Morgan fingerprint density at radius 3 is 1.92 bits per heavy atom. The van der Waals surface area contributed by atoms with Crippen molar-refractivity contribution in [2.75, 3.05) is 30.2 Å². The molecule has 0 spiro atoms. The lowest BCUT2D eigenvalue weighted by atomic mass is 10.3. The molecule has 0 aliphatic carbocycles. The first-order valence-electron chi connectivity index (χ1n) is 6.93. The van der Waals surface area contributed by atoms with Crippen molar-refractivity contribution in [3.8, 4) is 0 Å². The minimum Gasteiger partial charge on any atom is -0.324 e. The van der Waals surface area contributed by atoms with Crippen molar-refractivity contribution in [3.63, 3.8) is 0 Å². The molecule has 0 aliphatic rings. The molecule has 0 unspecified atom stereocenters. The summed E-state index contributed by atoms with van der Waals surface area (Å²) in [5.41, 5.74) is 0.554. The summed E-state index contributed by atoms with van der Waals surface area (Å²) in [6.45, 7) is 0.358. The van der Waals surface area contributed by atoms with Gasteiger partial charge in [0.1, 0.15) is 0 Å². The first-order valence-corrected chi connectivity index (χ1v) is 10.2. The molecule has 0 aliphatic heterocycles. The summed E-state index contributed by atoms with van der Waals surface area (Å²) in [6.07, 6.45) is 0. The molecular formula is C13H13Cl4N5O2S. The standard InChI is InChI=1S/C13H13Cl4N5O2S/c14-5-7-22(8-6-15)25(23,24)10-3-1-9(2-4-10)18-13-20-11(16)19-12(17)21-13/h1-4H,5-8H2,(H,18,19,20,21). The summed E-state index contributed by atoms with van der Waals surface area (Å²) in [6, 6.07) is 6.05. The van der Waals surface area contributed by atoms with Gasteiger partial charge in [0.15, 0.2) is 0 Å². The number of hydrogen-bond donors (Lipinski definition) is 1. The first kappa shape index (κ1) is 20.4. The van der Waals surface area contributed by atoms with Crippen molar-refractivity contribution in [1.29, 1.82) is 0 Å². The maximum absolute atomic E-state index is 12.6. The Balaban J connectivity index is 2.20. The molecule has 0 amide bonds. The number of nitrogens with zero attached hydrogens (tertiary/aromatic N) is 4. The lowest BCUT2D eigenvalue weighted by molar-refractivity contribution is 0.448. The van der Waals surface area contributed by atoms with Gasteiger partial charge in [-0.25, -0.2) is 8.42 Å². The Morgan fingerprint density at radius 1 is 0.920 bits per heavy atom. The van der Waals surface area contributed by atoms with Gasteiger partial charge < -0.3 is 5.32 Å². The van der Waals surface area contributed by atoms with Gasteiger partial charge in [-0.3, -0.25) is 0 Å². The Hall–Kier alpha value is -0.900. The smallest absolute Gasteiger partial charge is 0.243 e. The van der Waals surface area contributed by atoms with Gasteiger partial charge >= 0.3 is 0 Å². The average molecular weight is 445 g/mol. The molecule has 1 heterocycles. The number of aromatic nitrogens is 3. The molecular weight excluding hydrogens is 432 g/mol. The summed E-state index contributed by atoms with van der Waals surface area (Å²) >= 11 is 22.7. The minimum absolute atomic E-state index is 0.0560. The van der Waals surface area contributed by atoms with E-state index in [9.17, 15) is 8.42 Å². The van der Waals surface area contributed by atoms with Crippen molar-refractivity contribution < 1.29 is 8.42 Å². The van der Waals surface area contributed by atoms with Crippen LogP contribution in [-0.4, -0.2) is 52.5 Å². The molecule has 1 aromatic heterocycles. The summed E-state index contributed by atoms with van der Waals surface area (Å²) in [5, 5.41) is 2.75. The van der Waals surface area contributed by atoms with Gasteiger partial charge in [0.2, 0.25) is 26.5 Å². The Bertz CT molecular complexity index is 793. The van der Waals surface area contributed by atoms with Crippen LogP contribution in [0.5, 0.6) is 0 Å². The largest absolute Gasteiger partial charge is 0.324 e. The topological polar surface area (TPSA) is 88.1 Å². The van der Waals surface area contributed by atoms with Crippen LogP contribution >= 0.6 is 46.4 Å². The number of benzene rings is 1. The van der Waals surface area contributed by atoms with Gasteiger partial charge in [-0.15, -0.1) is 23.2 Å². The van der Waals surface area contributed by atoms with E-state index in [1.54, 1.807) is 12.1 Å². The molecule has 0 saturated carbocycles. The van der Waals surface area contributed by atoms with Crippen LogP contribution in [-0.2, 0) is 10.0 Å². The maximum Gasteiger partial charge on any atom is 0.243 e. The number of rotatable bonds is 8. The third kappa shape index (κ3) is 5.54. The fourth-order valence-corrected chi connectivity index (χ4v) is 4.32. The third-order valence-electron chi connectivity index (χ3n) is 3.00. The summed E-state index contributed by atoms with van der Waals surface area (Å²) < 4.78 is 26.4. The number of nitrogens with one attached hydrogen (secondary N) is 1. The predicted octanol–water partition coefficient (Wildman–Crippen LogP) is 3.39. The average Bonchev–Trinajstić information content (AvgIpc) is 2.54. The van der Waals surface area contributed by atoms with Gasteiger partial charge in [-0.1, -0.05) is 0 Å². The van der Waals surface area contributed by atoms with E-state index in [0.717, 1.165) is 0 Å². The first-order chi connectivity index (χ1) is 11.9. The van der Waals surface area contributed by atoms with E-state index in [0.29, 0.717) is 5.69 Å². The zero-order valence-corrected chi connectivity index (χ0v) is 16.5. The SMILES string of the molecule is O=S(=O)(c1ccc(Nc2nc(Cl)nc(Cl)n2)cc1)N(CCCl)CCCl. The number of anilines is 2. The number of alkyl halides is 2. The molecule has 0 radical (unpaired) electrons. The number of hydrogen-bond acceptors (Lipinski definition) is 6. The van der Waals surface area contributed by atoms with Crippen LogP contribution < -0.4 is 5.32 Å². The Morgan fingerprint density at radius 2 is 1.44 bits per heavy atom. The summed E-state index contributed by atoms with van der Waals surface area (Å²) in [5.74, 6) is 0.499. The summed E-state index contributed by atoms with van der Waals surface area (Å²) in [7, 11) is -3.68. The zero-order valence-electron chi connectivity index (χ0n) is 12.7. The van der Waals surface area contributed by atoms with Gasteiger partial charge in [0.25, 0.3) is 0 Å². The normalized spacial score (nSPS) is 11.7. The van der Waals surface area contributed by atoms with Crippen molar-refractivity contribution in [2.45, 2.75) is 4.90 Å². The van der Waals surface area contributed by atoms with Gasteiger partial charge in [-0.2, -0.15) is 19.3 Å². The van der Waals surface area contributed by atoms with Crippen LogP contribution in [0.2, 0.25) is 10.6 Å².